The van der Waals surface area contributed by atoms with Crippen molar-refractivity contribution < 1.29 is 0 Å². The van der Waals surface area contributed by atoms with E-state index >= 15 is 0 Å². The fraction of sp³-hybridized carbons (Fsp3) is 0.550. The van der Waals surface area contributed by atoms with Crippen LogP contribution in [0.4, 0.5) is 5.82 Å². The van der Waals surface area contributed by atoms with E-state index in [9.17, 15) is 0 Å². The minimum Gasteiger partial charge on any atom is -0.357 e. The first kappa shape index (κ1) is 24.1. The Morgan fingerprint density at radius 3 is 3.00 bits per heavy atom. The predicted octanol–water partition coefficient (Wildman–Crippen LogP) is 4.27. The number of guanidine groups is 1. The maximum atomic E-state index is 6.29. The fourth-order valence-electron chi connectivity index (χ4n) is 3.29. The quantitative estimate of drug-likeness (QED) is 0.223. The fourth-order valence-corrected chi connectivity index (χ4v) is 4.35. The molecule has 2 aromatic rings. The second kappa shape index (κ2) is 12.5. The molecule has 2 aromatic heterocycles. The van der Waals surface area contributed by atoms with Gasteiger partial charge in [-0.2, -0.15) is 0 Å². The van der Waals surface area contributed by atoms with Crippen LogP contribution in [0.1, 0.15) is 36.9 Å². The lowest BCUT2D eigenvalue weighted by molar-refractivity contribution is 0.645. The zero-order valence-electron chi connectivity index (χ0n) is 17.0. The standard InChI is InChI=1S/C20H29ClN6S.HI/c1-3-22-20(24-10-5-4-8-18-25-15(2)14-28-18)26-16-9-12-27(13-16)19-17(21)7-6-11-23-19;/h6-7,11,14,16H,3-5,8-10,12-13H2,1-2H3,(H2,22,24,26);1H. The molecule has 1 fully saturated rings. The summed E-state index contributed by atoms with van der Waals surface area (Å²) in [4.78, 5) is 15.9. The Bertz CT molecular complexity index is 784. The number of aromatic nitrogens is 2. The Balaban J connectivity index is 0.00000300. The summed E-state index contributed by atoms with van der Waals surface area (Å²) in [6.45, 7) is 7.64. The number of anilines is 1. The Morgan fingerprint density at radius 2 is 2.28 bits per heavy atom. The molecule has 3 rings (SSSR count). The number of nitrogens with one attached hydrogen (secondary N) is 2. The molecule has 29 heavy (non-hydrogen) atoms. The summed E-state index contributed by atoms with van der Waals surface area (Å²) in [6, 6.07) is 4.10. The molecule has 0 amide bonds. The summed E-state index contributed by atoms with van der Waals surface area (Å²) in [6.07, 6.45) is 6.06. The third-order valence-corrected chi connectivity index (χ3v) is 5.97. The number of rotatable bonds is 8. The normalized spacial score (nSPS) is 16.6. The number of aryl methyl sites for hydroxylation is 2. The van der Waals surface area contributed by atoms with Crippen molar-refractivity contribution in [1.29, 1.82) is 0 Å². The number of halogens is 2. The molecule has 1 saturated heterocycles. The first-order chi connectivity index (χ1) is 13.7. The van der Waals surface area contributed by atoms with Crippen molar-refractivity contribution in [2.24, 2.45) is 4.99 Å². The summed E-state index contributed by atoms with van der Waals surface area (Å²) in [7, 11) is 0. The lowest BCUT2D eigenvalue weighted by atomic mass is 10.2. The van der Waals surface area contributed by atoms with Gasteiger partial charge in [0, 0.05) is 49.5 Å². The molecule has 0 saturated carbocycles. The molecule has 0 bridgehead atoms. The van der Waals surface area contributed by atoms with Gasteiger partial charge in [0.05, 0.1) is 10.0 Å². The van der Waals surface area contributed by atoms with Crippen molar-refractivity contribution in [2.45, 2.75) is 45.6 Å². The summed E-state index contributed by atoms with van der Waals surface area (Å²) in [5.74, 6) is 1.76. The average Bonchev–Trinajstić information content (AvgIpc) is 3.31. The van der Waals surface area contributed by atoms with Crippen molar-refractivity contribution in [2.75, 3.05) is 31.1 Å². The monoisotopic (exact) mass is 548 g/mol. The molecule has 3 heterocycles. The number of thiazole rings is 1. The van der Waals surface area contributed by atoms with Crippen LogP contribution in [-0.2, 0) is 6.42 Å². The topological polar surface area (TPSA) is 65.4 Å². The molecule has 0 spiro atoms. The van der Waals surface area contributed by atoms with Gasteiger partial charge in [-0.3, -0.25) is 4.99 Å². The number of nitrogens with zero attached hydrogens (tertiary/aromatic N) is 4. The van der Waals surface area contributed by atoms with Crippen LogP contribution in [0.15, 0.2) is 28.7 Å². The van der Waals surface area contributed by atoms with E-state index in [0.717, 1.165) is 69.3 Å². The smallest absolute Gasteiger partial charge is 0.191 e. The van der Waals surface area contributed by atoms with Crippen LogP contribution in [0, 0.1) is 6.92 Å². The number of pyridine rings is 1. The molecule has 0 aromatic carbocycles. The Labute approximate surface area is 199 Å². The number of hydrogen-bond acceptors (Lipinski definition) is 5. The maximum absolute atomic E-state index is 6.29. The third-order valence-electron chi connectivity index (χ3n) is 4.65. The molecular weight excluding hydrogens is 519 g/mol. The molecule has 160 valence electrons. The number of hydrogen-bond donors (Lipinski definition) is 2. The largest absolute Gasteiger partial charge is 0.357 e. The lowest BCUT2D eigenvalue weighted by Gasteiger charge is -2.20. The van der Waals surface area contributed by atoms with Gasteiger partial charge in [0.25, 0.3) is 0 Å². The van der Waals surface area contributed by atoms with Crippen molar-refractivity contribution in [3.63, 3.8) is 0 Å². The van der Waals surface area contributed by atoms with Gasteiger partial charge in [-0.05, 0) is 51.7 Å². The minimum atomic E-state index is 0. The van der Waals surface area contributed by atoms with E-state index in [0.29, 0.717) is 11.1 Å². The summed E-state index contributed by atoms with van der Waals surface area (Å²) in [5, 5.41) is 11.0. The number of aliphatic imine (C=N–C) groups is 1. The Morgan fingerprint density at radius 1 is 1.41 bits per heavy atom. The van der Waals surface area contributed by atoms with Crippen LogP contribution in [-0.4, -0.2) is 48.1 Å². The van der Waals surface area contributed by atoms with Crippen LogP contribution in [0.25, 0.3) is 0 Å². The van der Waals surface area contributed by atoms with Gasteiger partial charge in [-0.15, -0.1) is 35.3 Å². The van der Waals surface area contributed by atoms with Gasteiger partial charge < -0.3 is 15.5 Å². The summed E-state index contributed by atoms with van der Waals surface area (Å²) < 4.78 is 0. The average molecular weight is 549 g/mol. The third kappa shape index (κ3) is 7.57. The second-order valence-electron chi connectivity index (χ2n) is 6.99. The molecule has 1 unspecified atom stereocenters. The van der Waals surface area contributed by atoms with Gasteiger partial charge in [-0.1, -0.05) is 11.6 Å². The van der Waals surface area contributed by atoms with Gasteiger partial charge >= 0.3 is 0 Å². The van der Waals surface area contributed by atoms with Crippen LogP contribution in [0.2, 0.25) is 5.02 Å². The molecular formula is C20H30ClIN6S. The summed E-state index contributed by atoms with van der Waals surface area (Å²) in [5.41, 5.74) is 1.12. The second-order valence-corrected chi connectivity index (χ2v) is 8.34. The van der Waals surface area contributed by atoms with E-state index in [1.165, 1.54) is 5.01 Å². The van der Waals surface area contributed by atoms with E-state index in [1.807, 2.05) is 19.1 Å². The highest BCUT2D eigenvalue weighted by atomic mass is 127. The van der Waals surface area contributed by atoms with Crippen LogP contribution < -0.4 is 15.5 Å². The highest BCUT2D eigenvalue weighted by Gasteiger charge is 2.25. The molecule has 1 aliphatic rings. The van der Waals surface area contributed by atoms with Gasteiger partial charge in [0.2, 0.25) is 0 Å². The van der Waals surface area contributed by atoms with Gasteiger partial charge in [0.1, 0.15) is 5.82 Å². The first-order valence-corrected chi connectivity index (χ1v) is 11.2. The SMILES string of the molecule is CCNC(=NCCCCc1nc(C)cs1)NC1CCN(c2ncccc2Cl)C1.I. The lowest BCUT2D eigenvalue weighted by Crippen LogP contribution is -2.44. The van der Waals surface area contributed by atoms with Crippen molar-refractivity contribution in [1.82, 2.24) is 20.6 Å². The van der Waals surface area contributed by atoms with E-state index in [1.54, 1.807) is 17.5 Å². The van der Waals surface area contributed by atoms with Crippen LogP contribution >= 0.6 is 46.9 Å². The maximum Gasteiger partial charge on any atom is 0.191 e. The summed E-state index contributed by atoms with van der Waals surface area (Å²) >= 11 is 8.04. The molecule has 0 radical (unpaired) electrons. The Hall–Kier alpha value is -1.13. The zero-order chi connectivity index (χ0) is 19.8. The minimum absolute atomic E-state index is 0. The van der Waals surface area contributed by atoms with Gasteiger partial charge in [-0.25, -0.2) is 9.97 Å². The molecule has 6 nitrogen and oxygen atoms in total. The zero-order valence-corrected chi connectivity index (χ0v) is 20.9. The highest BCUT2D eigenvalue weighted by molar-refractivity contribution is 14.0. The molecule has 0 aliphatic carbocycles. The first-order valence-electron chi connectivity index (χ1n) is 9.97. The van der Waals surface area contributed by atoms with Crippen molar-refractivity contribution in [3.8, 4) is 0 Å². The van der Waals surface area contributed by atoms with Crippen LogP contribution in [0.3, 0.4) is 0 Å². The molecule has 2 N–H and O–H groups in total. The molecule has 1 aliphatic heterocycles. The predicted molar refractivity (Wildman–Crippen MR) is 134 cm³/mol. The van der Waals surface area contributed by atoms with Crippen molar-refractivity contribution in [3.05, 3.63) is 39.4 Å². The van der Waals surface area contributed by atoms with E-state index in [4.69, 9.17) is 16.6 Å². The molecule has 1 atom stereocenters. The Kier molecular flexibility index (Phi) is 10.4. The van der Waals surface area contributed by atoms with Crippen LogP contribution in [0.5, 0.6) is 0 Å². The van der Waals surface area contributed by atoms with E-state index in [-0.39, 0.29) is 24.0 Å². The highest BCUT2D eigenvalue weighted by Crippen LogP contribution is 2.25. The molecule has 9 heteroatoms. The van der Waals surface area contributed by atoms with E-state index in [2.05, 4.69) is 37.8 Å². The number of unbranched alkanes of at least 4 members (excludes halogenated alkanes) is 1. The van der Waals surface area contributed by atoms with E-state index < -0.39 is 0 Å². The van der Waals surface area contributed by atoms with Gasteiger partial charge in [0.15, 0.2) is 5.96 Å². The van der Waals surface area contributed by atoms with Crippen molar-refractivity contribution >= 4 is 58.7 Å².